The zero-order chi connectivity index (χ0) is 11.4. The first-order valence-corrected chi connectivity index (χ1v) is 5.79. The molecule has 0 N–H and O–H groups in total. The van der Waals surface area contributed by atoms with Gasteiger partial charge in [0.2, 0.25) is 0 Å². The van der Waals surface area contributed by atoms with Crippen molar-refractivity contribution >= 4 is 17.8 Å². The first kappa shape index (κ1) is 11.3. The lowest BCUT2D eigenvalue weighted by Crippen LogP contribution is -2.25. The maximum absolute atomic E-state index is 11.1. The average molecular weight is 241 g/mol. The molecule has 0 aliphatic heterocycles. The van der Waals surface area contributed by atoms with Gasteiger partial charge in [-0.05, 0) is 24.0 Å². The topological polar surface area (TPSA) is 35.5 Å². The maximum atomic E-state index is 11.1. The highest BCUT2D eigenvalue weighted by Gasteiger charge is 2.21. The van der Waals surface area contributed by atoms with Crippen molar-refractivity contribution < 1.29 is 14.3 Å². The predicted molar refractivity (Wildman–Crippen MR) is 60.5 cm³/mol. The van der Waals surface area contributed by atoms with E-state index in [0.717, 1.165) is 19.3 Å². The van der Waals surface area contributed by atoms with Gasteiger partial charge < -0.3 is 9.47 Å². The number of rotatable bonds is 2. The minimum Gasteiger partial charge on any atom is -0.431 e. The number of hydrogen-bond donors (Lipinski definition) is 0. The summed E-state index contributed by atoms with van der Waals surface area (Å²) in [5, 5.41) is 0. The van der Waals surface area contributed by atoms with Crippen molar-refractivity contribution in [3.05, 3.63) is 35.4 Å². The van der Waals surface area contributed by atoms with Crippen LogP contribution in [-0.2, 0) is 22.3 Å². The van der Waals surface area contributed by atoms with Gasteiger partial charge in [-0.3, -0.25) is 0 Å². The highest BCUT2D eigenvalue weighted by Crippen LogP contribution is 2.23. The number of fused-ring (bicyclic) bond motifs is 1. The Morgan fingerprint density at radius 3 is 2.88 bits per heavy atom. The van der Waals surface area contributed by atoms with Gasteiger partial charge in [0, 0.05) is 6.42 Å². The molecule has 0 amide bonds. The lowest BCUT2D eigenvalue weighted by molar-refractivity contribution is 0.0283. The summed E-state index contributed by atoms with van der Waals surface area (Å²) in [6, 6.07) is 8.04. The molecule has 0 aromatic heterocycles. The molecule has 1 aromatic rings. The second kappa shape index (κ2) is 5.21. The van der Waals surface area contributed by atoms with E-state index in [0.29, 0.717) is 0 Å². The van der Waals surface area contributed by atoms with E-state index in [1.807, 2.05) is 12.1 Å². The second-order valence-corrected chi connectivity index (χ2v) is 3.97. The molecule has 86 valence electrons. The molecule has 1 aliphatic rings. The molecule has 1 atom stereocenters. The first-order valence-electron chi connectivity index (χ1n) is 5.25. The third-order valence-corrected chi connectivity index (χ3v) is 2.85. The number of aryl methyl sites for hydroxylation is 1. The normalized spacial score (nSPS) is 18.7. The molecular formula is C12H13ClO3. The fourth-order valence-electron chi connectivity index (χ4n) is 1.98. The van der Waals surface area contributed by atoms with Gasteiger partial charge >= 0.3 is 6.16 Å². The Morgan fingerprint density at radius 2 is 2.12 bits per heavy atom. The summed E-state index contributed by atoms with van der Waals surface area (Å²) >= 11 is 5.27. The molecule has 4 heteroatoms. The van der Waals surface area contributed by atoms with E-state index in [2.05, 4.69) is 16.9 Å². The van der Waals surface area contributed by atoms with Gasteiger partial charge in [-0.25, -0.2) is 4.79 Å². The van der Waals surface area contributed by atoms with Crippen molar-refractivity contribution in [3.8, 4) is 0 Å². The highest BCUT2D eigenvalue weighted by molar-refractivity contribution is 6.17. The number of halogens is 1. The lowest BCUT2D eigenvalue weighted by Gasteiger charge is -2.23. The largest absolute Gasteiger partial charge is 0.509 e. The quantitative estimate of drug-likeness (QED) is 0.589. The fraction of sp³-hybridized carbons (Fsp3) is 0.417. The number of ether oxygens (including phenoxy) is 2. The van der Waals surface area contributed by atoms with Crippen LogP contribution >= 0.6 is 11.6 Å². The van der Waals surface area contributed by atoms with Crippen LogP contribution in [0, 0.1) is 0 Å². The fourth-order valence-corrected chi connectivity index (χ4v) is 2.07. The molecule has 0 fully saturated rings. The van der Waals surface area contributed by atoms with Crippen molar-refractivity contribution in [2.45, 2.75) is 25.4 Å². The van der Waals surface area contributed by atoms with Crippen LogP contribution in [0.3, 0.4) is 0 Å². The Hall–Kier alpha value is -1.22. The van der Waals surface area contributed by atoms with Gasteiger partial charge in [0.1, 0.15) is 6.10 Å². The summed E-state index contributed by atoms with van der Waals surface area (Å²) < 4.78 is 9.68. The summed E-state index contributed by atoms with van der Waals surface area (Å²) in [6.07, 6.45) is 1.77. The summed E-state index contributed by atoms with van der Waals surface area (Å²) in [7, 11) is 0. The molecule has 0 heterocycles. The van der Waals surface area contributed by atoms with Crippen LogP contribution < -0.4 is 0 Å². The maximum Gasteiger partial charge on any atom is 0.509 e. The molecular weight excluding hydrogens is 228 g/mol. The molecule has 1 aromatic carbocycles. The zero-order valence-corrected chi connectivity index (χ0v) is 9.57. The van der Waals surface area contributed by atoms with Gasteiger partial charge in [-0.2, -0.15) is 0 Å². The van der Waals surface area contributed by atoms with Crippen LogP contribution in [0.1, 0.15) is 17.5 Å². The van der Waals surface area contributed by atoms with Gasteiger partial charge in [-0.15, -0.1) is 0 Å². The van der Waals surface area contributed by atoms with Crippen molar-refractivity contribution in [1.82, 2.24) is 0 Å². The van der Waals surface area contributed by atoms with E-state index in [1.165, 1.54) is 11.1 Å². The van der Waals surface area contributed by atoms with Crippen LogP contribution in [0.15, 0.2) is 24.3 Å². The summed E-state index contributed by atoms with van der Waals surface area (Å²) in [5.41, 5.74) is 2.59. The van der Waals surface area contributed by atoms with Crippen LogP contribution in [0.5, 0.6) is 0 Å². The number of carbonyl (C=O) groups is 1. The van der Waals surface area contributed by atoms with E-state index in [4.69, 9.17) is 16.3 Å². The zero-order valence-electron chi connectivity index (χ0n) is 8.82. The molecule has 2 rings (SSSR count). The summed E-state index contributed by atoms with van der Waals surface area (Å²) in [4.78, 5) is 11.1. The Bertz CT molecular complexity index is 378. The van der Waals surface area contributed by atoms with Crippen molar-refractivity contribution in [2.75, 3.05) is 6.07 Å². The molecule has 0 bridgehead atoms. The van der Waals surface area contributed by atoms with Crippen molar-refractivity contribution in [3.63, 3.8) is 0 Å². The van der Waals surface area contributed by atoms with E-state index in [-0.39, 0.29) is 12.2 Å². The Labute approximate surface area is 99.3 Å². The molecule has 0 spiro atoms. The van der Waals surface area contributed by atoms with Crippen LogP contribution in [0.25, 0.3) is 0 Å². The molecule has 16 heavy (non-hydrogen) atoms. The number of benzene rings is 1. The minimum atomic E-state index is -0.681. The Morgan fingerprint density at radius 1 is 1.38 bits per heavy atom. The standard InChI is InChI=1S/C12H13ClO3/c13-8-15-12(14)16-11-6-5-9-3-1-2-4-10(9)7-11/h1-4,11H,5-8H2. The predicted octanol–water partition coefficient (Wildman–Crippen LogP) is 2.89. The SMILES string of the molecule is O=C(OCCl)OC1CCc2ccccc2C1. The lowest BCUT2D eigenvalue weighted by atomic mass is 9.90. The van der Waals surface area contributed by atoms with Gasteiger partial charge in [-0.1, -0.05) is 35.9 Å². The van der Waals surface area contributed by atoms with E-state index >= 15 is 0 Å². The van der Waals surface area contributed by atoms with E-state index in [1.54, 1.807) is 0 Å². The molecule has 0 saturated heterocycles. The summed E-state index contributed by atoms with van der Waals surface area (Å²) in [6.45, 7) is 0. The third-order valence-electron chi connectivity index (χ3n) is 2.74. The average Bonchev–Trinajstić information content (AvgIpc) is 2.29. The number of alkyl halides is 1. The minimum absolute atomic E-state index is 0.0920. The Balaban J connectivity index is 1.95. The van der Waals surface area contributed by atoms with Crippen molar-refractivity contribution in [2.24, 2.45) is 0 Å². The van der Waals surface area contributed by atoms with Gasteiger partial charge in [0.05, 0.1) is 0 Å². The molecule has 0 radical (unpaired) electrons. The highest BCUT2D eigenvalue weighted by atomic mass is 35.5. The molecule has 3 nitrogen and oxygen atoms in total. The van der Waals surface area contributed by atoms with Crippen LogP contribution in [-0.4, -0.2) is 18.3 Å². The number of carbonyl (C=O) groups excluding carboxylic acids is 1. The van der Waals surface area contributed by atoms with Crippen molar-refractivity contribution in [1.29, 1.82) is 0 Å². The third kappa shape index (κ3) is 2.67. The molecule has 1 aliphatic carbocycles. The number of hydrogen-bond acceptors (Lipinski definition) is 3. The van der Waals surface area contributed by atoms with Crippen LogP contribution in [0.4, 0.5) is 4.79 Å². The van der Waals surface area contributed by atoms with Gasteiger partial charge in [0.25, 0.3) is 0 Å². The molecule has 1 unspecified atom stereocenters. The smallest absolute Gasteiger partial charge is 0.431 e. The first-order chi connectivity index (χ1) is 7.79. The van der Waals surface area contributed by atoms with E-state index in [9.17, 15) is 4.79 Å². The monoisotopic (exact) mass is 240 g/mol. The van der Waals surface area contributed by atoms with Gasteiger partial charge in [0.15, 0.2) is 6.07 Å². The second-order valence-electron chi connectivity index (χ2n) is 3.75. The molecule has 0 saturated carbocycles. The van der Waals surface area contributed by atoms with E-state index < -0.39 is 6.16 Å². The Kier molecular flexibility index (Phi) is 3.67. The van der Waals surface area contributed by atoms with Crippen LogP contribution in [0.2, 0.25) is 0 Å². The summed E-state index contributed by atoms with van der Waals surface area (Å²) in [5.74, 6) is 0.